The molecule has 0 spiro atoms. The smallest absolute Gasteiger partial charge is 0.352 e. The summed E-state index contributed by atoms with van der Waals surface area (Å²) in [4.78, 5) is 41.2. The lowest BCUT2D eigenvalue weighted by Crippen LogP contribution is -2.33. The van der Waals surface area contributed by atoms with Gasteiger partial charge < -0.3 is 23.5 Å². The predicted octanol–water partition coefficient (Wildman–Crippen LogP) is 2.24. The van der Waals surface area contributed by atoms with E-state index < -0.39 is 12.1 Å². The number of carbonyl (C=O) groups excluding carboxylic acids is 2. The van der Waals surface area contributed by atoms with Crippen molar-refractivity contribution in [1.82, 2.24) is 9.55 Å². The second-order valence-electron chi connectivity index (χ2n) is 7.58. The van der Waals surface area contributed by atoms with Gasteiger partial charge in [0.2, 0.25) is 6.10 Å². The standard InChI is InChI=1S/C23H20N2O7/c1-3-13-14-6-12(32-11-29-2)4-5-18(14)24-20-16(13)8-25-19(20)7-15-17(22(25)27)9-30-23(28)21(15)31-10-26/h4-7,10,21H,3,8-9,11H2,1-2H3/t21-/m0/s1. The minimum absolute atomic E-state index is 0.141. The van der Waals surface area contributed by atoms with E-state index in [9.17, 15) is 14.4 Å². The van der Waals surface area contributed by atoms with Crippen molar-refractivity contribution in [2.45, 2.75) is 32.6 Å². The lowest BCUT2D eigenvalue weighted by molar-refractivity contribution is -0.165. The van der Waals surface area contributed by atoms with Gasteiger partial charge in [-0.25, -0.2) is 9.78 Å². The zero-order valence-corrected chi connectivity index (χ0v) is 17.5. The Morgan fingerprint density at radius 3 is 2.84 bits per heavy atom. The zero-order valence-electron chi connectivity index (χ0n) is 17.5. The number of benzene rings is 1. The van der Waals surface area contributed by atoms with Crippen LogP contribution in [0.2, 0.25) is 0 Å². The Morgan fingerprint density at radius 2 is 2.09 bits per heavy atom. The molecule has 0 radical (unpaired) electrons. The molecule has 5 rings (SSSR count). The van der Waals surface area contributed by atoms with Crippen molar-refractivity contribution in [2.75, 3.05) is 13.9 Å². The number of cyclic esters (lactones) is 1. The fraction of sp³-hybridized carbons (Fsp3) is 0.304. The number of fused-ring (bicyclic) bond motifs is 5. The van der Waals surface area contributed by atoms with Crippen LogP contribution in [0, 0.1) is 0 Å². The average Bonchev–Trinajstić information content (AvgIpc) is 3.16. The number of hydrogen-bond acceptors (Lipinski definition) is 8. The van der Waals surface area contributed by atoms with Gasteiger partial charge in [0.1, 0.15) is 12.4 Å². The number of hydrogen-bond donors (Lipinski definition) is 0. The first-order valence-electron chi connectivity index (χ1n) is 10.2. The van der Waals surface area contributed by atoms with Crippen molar-refractivity contribution in [3.05, 3.63) is 56.9 Å². The maximum Gasteiger partial charge on any atom is 0.352 e. The van der Waals surface area contributed by atoms with E-state index in [1.807, 2.05) is 18.2 Å². The van der Waals surface area contributed by atoms with Gasteiger partial charge in [0.25, 0.3) is 12.0 Å². The van der Waals surface area contributed by atoms with Crippen LogP contribution in [0.5, 0.6) is 5.75 Å². The lowest BCUT2D eigenvalue weighted by Gasteiger charge is -2.23. The Morgan fingerprint density at radius 1 is 1.25 bits per heavy atom. The summed E-state index contributed by atoms with van der Waals surface area (Å²) in [5.74, 6) is -0.0278. The van der Waals surface area contributed by atoms with Crippen molar-refractivity contribution in [3.63, 3.8) is 0 Å². The van der Waals surface area contributed by atoms with E-state index in [0.717, 1.165) is 28.5 Å². The van der Waals surface area contributed by atoms with Crippen LogP contribution in [-0.2, 0) is 43.4 Å². The second kappa shape index (κ2) is 7.76. The van der Waals surface area contributed by atoms with Crippen molar-refractivity contribution < 1.29 is 28.5 Å². The quantitative estimate of drug-likeness (QED) is 0.257. The van der Waals surface area contributed by atoms with Gasteiger partial charge in [-0.15, -0.1) is 0 Å². The van der Waals surface area contributed by atoms with Crippen molar-refractivity contribution in [2.24, 2.45) is 0 Å². The van der Waals surface area contributed by atoms with E-state index in [2.05, 4.69) is 6.92 Å². The average molecular weight is 436 g/mol. The summed E-state index contributed by atoms with van der Waals surface area (Å²) >= 11 is 0. The topological polar surface area (TPSA) is 106 Å². The molecule has 2 aromatic heterocycles. The highest BCUT2D eigenvalue weighted by Crippen LogP contribution is 2.39. The van der Waals surface area contributed by atoms with E-state index in [0.29, 0.717) is 34.8 Å². The molecule has 0 amide bonds. The van der Waals surface area contributed by atoms with Gasteiger partial charge in [-0.2, -0.15) is 0 Å². The second-order valence-corrected chi connectivity index (χ2v) is 7.58. The van der Waals surface area contributed by atoms with Gasteiger partial charge in [0, 0.05) is 23.6 Å². The first kappa shape index (κ1) is 20.2. The number of esters is 1. The van der Waals surface area contributed by atoms with Gasteiger partial charge in [-0.05, 0) is 36.2 Å². The molecule has 32 heavy (non-hydrogen) atoms. The van der Waals surface area contributed by atoms with Crippen LogP contribution in [-0.4, -0.2) is 35.9 Å². The lowest BCUT2D eigenvalue weighted by atomic mass is 9.97. The molecular weight excluding hydrogens is 416 g/mol. The highest BCUT2D eigenvalue weighted by molar-refractivity contribution is 5.89. The third-order valence-corrected chi connectivity index (χ3v) is 5.91. The molecule has 0 aliphatic carbocycles. The molecule has 9 nitrogen and oxygen atoms in total. The molecular formula is C23H20N2O7. The summed E-state index contributed by atoms with van der Waals surface area (Å²) in [5, 5.41) is 0.950. The first-order valence-corrected chi connectivity index (χ1v) is 10.2. The van der Waals surface area contributed by atoms with Crippen LogP contribution < -0.4 is 10.3 Å². The van der Waals surface area contributed by atoms with Gasteiger partial charge in [0.05, 0.1) is 29.0 Å². The Hall–Kier alpha value is -3.72. The summed E-state index contributed by atoms with van der Waals surface area (Å²) < 4.78 is 22.2. The Labute approximate surface area is 182 Å². The minimum Gasteiger partial charge on any atom is -0.468 e. The molecule has 9 heteroatoms. The molecule has 1 aromatic carbocycles. The summed E-state index contributed by atoms with van der Waals surface area (Å²) in [7, 11) is 1.56. The number of ether oxygens (including phenoxy) is 4. The molecule has 2 aliphatic rings. The molecule has 0 N–H and O–H groups in total. The van der Waals surface area contributed by atoms with E-state index in [4.69, 9.17) is 23.9 Å². The van der Waals surface area contributed by atoms with Gasteiger partial charge >= 0.3 is 5.97 Å². The molecule has 0 fully saturated rings. The normalized spacial score (nSPS) is 16.2. The largest absolute Gasteiger partial charge is 0.468 e. The van der Waals surface area contributed by atoms with Crippen LogP contribution in [0.25, 0.3) is 22.3 Å². The fourth-order valence-electron chi connectivity index (χ4n) is 4.48. The molecule has 164 valence electrons. The molecule has 0 unspecified atom stereocenters. The fourth-order valence-corrected chi connectivity index (χ4v) is 4.48. The third-order valence-electron chi connectivity index (χ3n) is 5.91. The van der Waals surface area contributed by atoms with E-state index >= 15 is 0 Å². The van der Waals surface area contributed by atoms with Crippen LogP contribution in [0.15, 0.2) is 29.1 Å². The van der Waals surface area contributed by atoms with Crippen molar-refractivity contribution >= 4 is 23.3 Å². The van der Waals surface area contributed by atoms with E-state index in [-0.39, 0.29) is 25.4 Å². The number of carbonyl (C=O) groups is 2. The molecule has 1 atom stereocenters. The van der Waals surface area contributed by atoms with Gasteiger partial charge in [-0.3, -0.25) is 9.59 Å². The van der Waals surface area contributed by atoms with Crippen molar-refractivity contribution in [3.8, 4) is 17.1 Å². The molecule has 2 aliphatic heterocycles. The monoisotopic (exact) mass is 436 g/mol. The number of nitrogens with zero attached hydrogens (tertiary/aromatic N) is 2. The Balaban J connectivity index is 1.71. The van der Waals surface area contributed by atoms with Crippen LogP contribution in [0.1, 0.15) is 35.3 Å². The molecule has 0 saturated heterocycles. The van der Waals surface area contributed by atoms with Crippen LogP contribution in [0.4, 0.5) is 0 Å². The third kappa shape index (κ3) is 2.96. The van der Waals surface area contributed by atoms with Gasteiger partial charge in [-0.1, -0.05) is 6.92 Å². The predicted molar refractivity (Wildman–Crippen MR) is 112 cm³/mol. The number of aromatic nitrogens is 2. The van der Waals surface area contributed by atoms with Crippen LogP contribution >= 0.6 is 0 Å². The first-order chi connectivity index (χ1) is 15.6. The van der Waals surface area contributed by atoms with Crippen molar-refractivity contribution in [1.29, 1.82) is 0 Å². The maximum absolute atomic E-state index is 13.3. The van der Waals surface area contributed by atoms with E-state index in [1.54, 1.807) is 17.7 Å². The summed E-state index contributed by atoms with van der Waals surface area (Å²) in [5.41, 5.74) is 4.44. The number of methoxy groups -OCH3 is 1. The molecule has 3 aromatic rings. The summed E-state index contributed by atoms with van der Waals surface area (Å²) in [6.45, 7) is 2.58. The zero-order chi connectivity index (χ0) is 22.4. The highest BCUT2D eigenvalue weighted by atomic mass is 16.7. The van der Waals surface area contributed by atoms with Crippen LogP contribution in [0.3, 0.4) is 0 Å². The van der Waals surface area contributed by atoms with Gasteiger partial charge in [0.15, 0.2) is 6.79 Å². The summed E-state index contributed by atoms with van der Waals surface area (Å²) in [6.07, 6.45) is -0.527. The highest BCUT2D eigenvalue weighted by Gasteiger charge is 2.36. The summed E-state index contributed by atoms with van der Waals surface area (Å²) in [6, 6.07) is 7.33. The molecule has 4 heterocycles. The minimum atomic E-state index is -1.26. The van der Waals surface area contributed by atoms with E-state index in [1.165, 1.54) is 0 Å². The maximum atomic E-state index is 13.3. The molecule has 0 saturated carbocycles. The number of aryl methyl sites for hydroxylation is 1. The Kier molecular flexibility index (Phi) is 4.90. The molecule has 0 bridgehead atoms. The Bertz CT molecular complexity index is 1330. The SMILES string of the molecule is CCc1c2c(nc3ccc(OCOC)cc13)-c1cc3c(c(=O)n1C2)COC(=O)[C@H]3OC=O. The number of pyridine rings is 2. The number of rotatable bonds is 6.